The first-order chi connectivity index (χ1) is 11.7. The van der Waals surface area contributed by atoms with E-state index in [1.807, 2.05) is 29.3 Å². The van der Waals surface area contributed by atoms with E-state index in [4.69, 9.17) is 12.2 Å². The molecule has 0 unspecified atom stereocenters. The minimum absolute atomic E-state index is 0.336. The number of rotatable bonds is 4. The van der Waals surface area contributed by atoms with E-state index in [2.05, 4.69) is 10.00 Å². The summed E-state index contributed by atoms with van der Waals surface area (Å²) in [6.45, 7) is 3.38. The highest BCUT2D eigenvalue weighted by Crippen LogP contribution is 2.30. The molecule has 0 aliphatic carbocycles. The Labute approximate surface area is 153 Å². The summed E-state index contributed by atoms with van der Waals surface area (Å²) >= 11 is 5.43. The van der Waals surface area contributed by atoms with Crippen molar-refractivity contribution < 1.29 is 8.42 Å². The summed E-state index contributed by atoms with van der Waals surface area (Å²) in [4.78, 5) is 2.54. The van der Waals surface area contributed by atoms with Crippen molar-refractivity contribution in [3.05, 3.63) is 34.4 Å². The number of aromatic nitrogens is 3. The highest BCUT2D eigenvalue weighted by Gasteiger charge is 2.23. The lowest BCUT2D eigenvalue weighted by Crippen LogP contribution is -2.32. The molecule has 1 aromatic heterocycles. The molecule has 25 heavy (non-hydrogen) atoms. The minimum Gasteiger partial charge on any atom is -0.352 e. The molecule has 0 radical (unpaired) electrons. The smallest absolute Gasteiger partial charge is 0.242 e. The first-order valence-corrected chi connectivity index (χ1v) is 9.97. The molecule has 136 valence electrons. The maximum Gasteiger partial charge on any atom is 0.242 e. The molecule has 0 amide bonds. The Balaban J connectivity index is 1.95. The molecule has 9 heteroatoms. The van der Waals surface area contributed by atoms with Crippen molar-refractivity contribution >= 4 is 27.9 Å². The molecular weight excluding hydrogens is 358 g/mol. The number of hydrogen-bond donors (Lipinski definition) is 0. The van der Waals surface area contributed by atoms with Gasteiger partial charge in [-0.05, 0) is 55.7 Å². The molecule has 0 spiro atoms. The van der Waals surface area contributed by atoms with Gasteiger partial charge in [-0.15, -0.1) is 0 Å². The summed E-state index contributed by atoms with van der Waals surface area (Å²) in [5.41, 5.74) is 2.10. The van der Waals surface area contributed by atoms with E-state index in [1.165, 1.54) is 4.31 Å². The normalized spacial score (nSPS) is 14.8. The van der Waals surface area contributed by atoms with Gasteiger partial charge < -0.3 is 9.47 Å². The van der Waals surface area contributed by atoms with Crippen molar-refractivity contribution in [1.29, 1.82) is 0 Å². The third-order valence-corrected chi connectivity index (χ3v) is 6.90. The molecular formula is C16H23N5O2S2. The van der Waals surface area contributed by atoms with Crippen molar-refractivity contribution in [2.24, 2.45) is 7.05 Å². The van der Waals surface area contributed by atoms with E-state index in [9.17, 15) is 8.42 Å². The Morgan fingerprint density at radius 3 is 2.64 bits per heavy atom. The van der Waals surface area contributed by atoms with Gasteiger partial charge in [-0.2, -0.15) is 5.10 Å². The fourth-order valence-electron chi connectivity index (χ4n) is 3.02. The third-order valence-electron chi connectivity index (χ3n) is 4.61. The van der Waals surface area contributed by atoms with Crippen LogP contribution in [0.25, 0.3) is 0 Å². The lowest BCUT2D eigenvalue weighted by Gasteiger charge is -2.31. The molecule has 0 bridgehead atoms. The summed E-state index contributed by atoms with van der Waals surface area (Å²) < 4.78 is 30.3. The van der Waals surface area contributed by atoms with E-state index in [-0.39, 0.29) is 0 Å². The first-order valence-electron chi connectivity index (χ1n) is 8.12. The average molecular weight is 382 g/mol. The molecule has 3 rings (SSSR count). The fourth-order valence-corrected chi connectivity index (χ4v) is 4.20. The van der Waals surface area contributed by atoms with Crippen LogP contribution >= 0.6 is 12.2 Å². The maximum atomic E-state index is 12.4. The number of sulfonamides is 1. The molecule has 1 aliphatic heterocycles. The second-order valence-corrected chi connectivity index (χ2v) is 8.99. The van der Waals surface area contributed by atoms with Crippen LogP contribution in [0, 0.1) is 11.7 Å². The monoisotopic (exact) mass is 381 g/mol. The second kappa shape index (κ2) is 6.54. The van der Waals surface area contributed by atoms with Gasteiger partial charge in [0.05, 0.1) is 4.90 Å². The van der Waals surface area contributed by atoms with E-state index < -0.39 is 10.0 Å². The lowest BCUT2D eigenvalue weighted by atomic mass is 10.0. The van der Waals surface area contributed by atoms with Crippen molar-refractivity contribution in [2.75, 3.05) is 25.5 Å². The zero-order chi connectivity index (χ0) is 18.4. The van der Waals surface area contributed by atoms with Crippen molar-refractivity contribution in [3.63, 3.8) is 0 Å². The van der Waals surface area contributed by atoms with Gasteiger partial charge in [0.2, 0.25) is 10.0 Å². The zero-order valence-electron chi connectivity index (χ0n) is 14.9. The molecule has 7 nitrogen and oxygen atoms in total. The first kappa shape index (κ1) is 18.1. The van der Waals surface area contributed by atoms with Crippen LogP contribution in [-0.2, 0) is 30.2 Å². The van der Waals surface area contributed by atoms with Crippen LogP contribution in [0.2, 0.25) is 0 Å². The van der Waals surface area contributed by atoms with Gasteiger partial charge in [0.25, 0.3) is 0 Å². The highest BCUT2D eigenvalue weighted by molar-refractivity contribution is 7.89. The number of benzene rings is 1. The predicted molar refractivity (Wildman–Crippen MR) is 99.8 cm³/mol. The molecule has 1 aromatic carbocycles. The Morgan fingerprint density at radius 2 is 2.04 bits per heavy atom. The Bertz CT molecular complexity index is 959. The van der Waals surface area contributed by atoms with Crippen LogP contribution < -0.4 is 4.90 Å². The Hall–Kier alpha value is -1.71. The SMILES string of the molecule is Cc1nn(CN2CCCc3cc(S(=O)(=O)N(C)C)ccc32)c(=S)n1C. The van der Waals surface area contributed by atoms with Crippen LogP contribution in [0.4, 0.5) is 5.69 Å². The summed E-state index contributed by atoms with van der Waals surface area (Å²) in [7, 11) is 1.58. The van der Waals surface area contributed by atoms with Gasteiger partial charge in [0.1, 0.15) is 12.5 Å². The van der Waals surface area contributed by atoms with E-state index in [0.717, 1.165) is 36.5 Å². The topological polar surface area (TPSA) is 63.4 Å². The van der Waals surface area contributed by atoms with Crippen molar-refractivity contribution in [2.45, 2.75) is 31.3 Å². The minimum atomic E-state index is -3.42. The molecule has 0 N–H and O–H groups in total. The van der Waals surface area contributed by atoms with Crippen LogP contribution in [-0.4, -0.2) is 47.7 Å². The van der Waals surface area contributed by atoms with E-state index in [1.54, 1.807) is 26.2 Å². The fraction of sp³-hybridized carbons (Fsp3) is 0.500. The largest absolute Gasteiger partial charge is 0.352 e. The van der Waals surface area contributed by atoms with Crippen LogP contribution in [0.15, 0.2) is 23.1 Å². The molecule has 0 saturated carbocycles. The molecule has 0 fully saturated rings. The van der Waals surface area contributed by atoms with Gasteiger partial charge >= 0.3 is 0 Å². The predicted octanol–water partition coefficient (Wildman–Crippen LogP) is 1.92. The maximum absolute atomic E-state index is 12.4. The second-order valence-electron chi connectivity index (χ2n) is 6.47. The molecule has 2 aromatic rings. The Kier molecular flexibility index (Phi) is 4.74. The van der Waals surface area contributed by atoms with Gasteiger partial charge in [-0.25, -0.2) is 17.4 Å². The van der Waals surface area contributed by atoms with Crippen LogP contribution in [0.1, 0.15) is 17.8 Å². The van der Waals surface area contributed by atoms with E-state index in [0.29, 0.717) is 16.3 Å². The lowest BCUT2D eigenvalue weighted by molar-refractivity contribution is 0.519. The zero-order valence-corrected chi connectivity index (χ0v) is 16.6. The van der Waals surface area contributed by atoms with Crippen molar-refractivity contribution in [3.8, 4) is 0 Å². The summed E-state index contributed by atoms with van der Waals surface area (Å²) in [5, 5.41) is 4.49. The number of anilines is 1. The Morgan fingerprint density at radius 1 is 1.32 bits per heavy atom. The van der Waals surface area contributed by atoms with Crippen molar-refractivity contribution in [1.82, 2.24) is 18.7 Å². The molecule has 0 saturated heterocycles. The van der Waals surface area contributed by atoms with Gasteiger partial charge in [0, 0.05) is 33.4 Å². The summed E-state index contributed by atoms with van der Waals surface area (Å²) in [6.07, 6.45) is 1.84. The quantitative estimate of drug-likeness (QED) is 0.757. The molecule has 1 aliphatic rings. The number of nitrogens with zero attached hydrogens (tertiary/aromatic N) is 5. The summed E-state index contributed by atoms with van der Waals surface area (Å²) in [5.74, 6) is 0.870. The van der Waals surface area contributed by atoms with Crippen LogP contribution in [0.5, 0.6) is 0 Å². The van der Waals surface area contributed by atoms with Crippen LogP contribution in [0.3, 0.4) is 0 Å². The standard InChI is InChI=1S/C16H23N5O2S2/c1-12-17-21(16(24)19(12)4)11-20-9-5-6-13-10-14(7-8-15(13)20)25(22,23)18(2)3/h7-8,10H,5-6,9,11H2,1-4H3. The number of fused-ring (bicyclic) bond motifs is 1. The number of hydrogen-bond acceptors (Lipinski definition) is 5. The summed E-state index contributed by atoms with van der Waals surface area (Å²) in [6, 6.07) is 5.36. The average Bonchev–Trinajstić information content (AvgIpc) is 2.81. The van der Waals surface area contributed by atoms with Gasteiger partial charge in [0.15, 0.2) is 4.77 Å². The van der Waals surface area contributed by atoms with Gasteiger partial charge in [-0.3, -0.25) is 0 Å². The third kappa shape index (κ3) is 3.23. The highest BCUT2D eigenvalue weighted by atomic mass is 32.2. The van der Waals surface area contributed by atoms with Gasteiger partial charge in [-0.1, -0.05) is 0 Å². The molecule has 2 heterocycles. The number of aryl methyl sites for hydroxylation is 2. The van der Waals surface area contributed by atoms with E-state index >= 15 is 0 Å². The molecule has 0 atom stereocenters.